The van der Waals surface area contributed by atoms with Crippen molar-refractivity contribution in [3.8, 4) is 0 Å². The Labute approximate surface area is 156 Å². The summed E-state index contributed by atoms with van der Waals surface area (Å²) in [6.45, 7) is 3.11. The lowest BCUT2D eigenvalue weighted by molar-refractivity contribution is -0.116. The van der Waals surface area contributed by atoms with Gasteiger partial charge in [-0.25, -0.2) is 13.4 Å². The van der Waals surface area contributed by atoms with E-state index in [-0.39, 0.29) is 29.8 Å². The molecule has 26 heavy (non-hydrogen) atoms. The average molecular weight is 396 g/mol. The number of morpholine rings is 1. The number of amides is 1. The van der Waals surface area contributed by atoms with E-state index >= 15 is 0 Å². The Morgan fingerprint density at radius 3 is 2.88 bits per heavy atom. The number of fused-ring (bicyclic) bond motifs is 1. The lowest BCUT2D eigenvalue weighted by Crippen LogP contribution is -2.36. The standard InChI is InChI=1S/C17H21N3O4S2/c21-16(9-12-3-8-26(22,23)11-12)18-13-1-2-14-15(10-13)25-17(19-14)20-4-6-24-7-5-20/h1-2,10,12H,3-9,11H2,(H,18,21). The molecule has 0 radical (unpaired) electrons. The number of carbonyl (C=O) groups is 1. The Balaban J connectivity index is 1.42. The van der Waals surface area contributed by atoms with Gasteiger partial charge in [-0.15, -0.1) is 0 Å². The quantitative estimate of drug-likeness (QED) is 0.851. The molecule has 0 saturated carbocycles. The first-order chi connectivity index (χ1) is 12.5. The van der Waals surface area contributed by atoms with Crippen molar-refractivity contribution < 1.29 is 17.9 Å². The summed E-state index contributed by atoms with van der Waals surface area (Å²) < 4.78 is 29.4. The molecule has 0 bridgehead atoms. The number of nitrogens with one attached hydrogen (secondary N) is 1. The minimum absolute atomic E-state index is 0.0694. The maximum atomic E-state index is 12.2. The van der Waals surface area contributed by atoms with E-state index in [2.05, 4.69) is 15.2 Å². The van der Waals surface area contributed by atoms with Gasteiger partial charge in [0, 0.05) is 25.2 Å². The van der Waals surface area contributed by atoms with Crippen LogP contribution in [0.5, 0.6) is 0 Å². The topological polar surface area (TPSA) is 88.6 Å². The van der Waals surface area contributed by atoms with Crippen LogP contribution < -0.4 is 10.2 Å². The molecule has 2 aliphatic heterocycles. The van der Waals surface area contributed by atoms with Gasteiger partial charge in [-0.2, -0.15) is 0 Å². The van der Waals surface area contributed by atoms with Crippen LogP contribution in [-0.4, -0.2) is 57.1 Å². The summed E-state index contributed by atoms with van der Waals surface area (Å²) in [4.78, 5) is 19.1. The summed E-state index contributed by atoms with van der Waals surface area (Å²) >= 11 is 1.61. The molecule has 1 amide bonds. The molecular formula is C17H21N3O4S2. The number of ether oxygens (including phenoxy) is 1. The highest BCUT2D eigenvalue weighted by Crippen LogP contribution is 2.31. The van der Waals surface area contributed by atoms with E-state index in [1.54, 1.807) is 11.3 Å². The fraction of sp³-hybridized carbons (Fsp3) is 0.529. The fourth-order valence-electron chi connectivity index (χ4n) is 3.39. The lowest BCUT2D eigenvalue weighted by atomic mass is 10.1. The van der Waals surface area contributed by atoms with Gasteiger partial charge in [-0.1, -0.05) is 11.3 Å². The normalized spacial score (nSPS) is 22.6. The van der Waals surface area contributed by atoms with Gasteiger partial charge in [-0.3, -0.25) is 4.79 Å². The monoisotopic (exact) mass is 395 g/mol. The third-order valence-electron chi connectivity index (χ3n) is 4.74. The molecule has 2 aromatic rings. The van der Waals surface area contributed by atoms with Crippen molar-refractivity contribution >= 4 is 48.1 Å². The number of thiazole rings is 1. The Kier molecular flexibility index (Phi) is 4.85. The minimum Gasteiger partial charge on any atom is -0.378 e. The molecule has 1 unspecified atom stereocenters. The molecule has 7 nitrogen and oxygen atoms in total. The number of anilines is 2. The van der Waals surface area contributed by atoms with Gasteiger partial charge in [0.25, 0.3) is 0 Å². The van der Waals surface area contributed by atoms with Crippen molar-refractivity contribution in [2.75, 3.05) is 48.0 Å². The van der Waals surface area contributed by atoms with Crippen LogP contribution in [0.15, 0.2) is 18.2 Å². The summed E-state index contributed by atoms with van der Waals surface area (Å²) in [5.74, 6) is 0.115. The molecule has 0 aliphatic carbocycles. The zero-order chi connectivity index (χ0) is 18.1. The molecule has 140 valence electrons. The molecule has 2 aliphatic rings. The summed E-state index contributed by atoms with van der Waals surface area (Å²) in [6, 6.07) is 5.68. The highest BCUT2D eigenvalue weighted by Gasteiger charge is 2.29. The van der Waals surface area contributed by atoms with Crippen LogP contribution in [-0.2, 0) is 19.4 Å². The molecule has 4 rings (SSSR count). The Morgan fingerprint density at radius 1 is 1.35 bits per heavy atom. The number of carbonyl (C=O) groups excluding carboxylic acids is 1. The second kappa shape index (κ2) is 7.13. The molecule has 1 atom stereocenters. The summed E-state index contributed by atoms with van der Waals surface area (Å²) in [6.07, 6.45) is 0.825. The Morgan fingerprint density at radius 2 is 2.15 bits per heavy atom. The second-order valence-corrected chi connectivity index (χ2v) is 10.0. The first-order valence-electron chi connectivity index (χ1n) is 8.72. The summed E-state index contributed by atoms with van der Waals surface area (Å²) in [7, 11) is -2.95. The highest BCUT2D eigenvalue weighted by molar-refractivity contribution is 7.91. The van der Waals surface area contributed by atoms with Crippen molar-refractivity contribution in [1.29, 1.82) is 0 Å². The van der Waals surface area contributed by atoms with Crippen LogP contribution in [0.3, 0.4) is 0 Å². The number of hydrogen-bond acceptors (Lipinski definition) is 7. The smallest absolute Gasteiger partial charge is 0.224 e. The fourth-order valence-corrected chi connectivity index (χ4v) is 6.31. The third kappa shape index (κ3) is 3.99. The number of nitrogens with zero attached hydrogens (tertiary/aromatic N) is 2. The first-order valence-corrected chi connectivity index (χ1v) is 11.4. The van der Waals surface area contributed by atoms with E-state index in [0.29, 0.717) is 19.6 Å². The van der Waals surface area contributed by atoms with Gasteiger partial charge < -0.3 is 15.0 Å². The first kappa shape index (κ1) is 17.7. The van der Waals surface area contributed by atoms with Gasteiger partial charge in [0.15, 0.2) is 15.0 Å². The molecule has 9 heteroatoms. The van der Waals surface area contributed by atoms with Crippen molar-refractivity contribution in [3.63, 3.8) is 0 Å². The van der Waals surface area contributed by atoms with Gasteiger partial charge in [0.05, 0.1) is 34.9 Å². The molecule has 1 N–H and O–H groups in total. The van der Waals surface area contributed by atoms with Crippen LogP contribution in [0.25, 0.3) is 10.2 Å². The Hall–Kier alpha value is -1.71. The van der Waals surface area contributed by atoms with E-state index in [1.165, 1.54) is 0 Å². The zero-order valence-electron chi connectivity index (χ0n) is 14.3. The molecule has 1 aromatic heterocycles. The minimum atomic E-state index is -2.95. The number of hydrogen-bond donors (Lipinski definition) is 1. The molecule has 2 saturated heterocycles. The van der Waals surface area contributed by atoms with Crippen LogP contribution in [0.1, 0.15) is 12.8 Å². The highest BCUT2D eigenvalue weighted by atomic mass is 32.2. The van der Waals surface area contributed by atoms with Crippen LogP contribution in [0.4, 0.5) is 10.8 Å². The average Bonchev–Trinajstić information content (AvgIpc) is 3.18. The van der Waals surface area contributed by atoms with Crippen molar-refractivity contribution in [2.45, 2.75) is 12.8 Å². The van der Waals surface area contributed by atoms with Crippen molar-refractivity contribution in [1.82, 2.24) is 4.98 Å². The molecule has 1 aromatic carbocycles. The van der Waals surface area contributed by atoms with Crippen LogP contribution in [0, 0.1) is 5.92 Å². The van der Waals surface area contributed by atoms with E-state index in [0.717, 1.165) is 34.1 Å². The van der Waals surface area contributed by atoms with E-state index < -0.39 is 9.84 Å². The van der Waals surface area contributed by atoms with Crippen molar-refractivity contribution in [2.24, 2.45) is 5.92 Å². The third-order valence-corrected chi connectivity index (χ3v) is 7.66. The van der Waals surface area contributed by atoms with Crippen LogP contribution >= 0.6 is 11.3 Å². The van der Waals surface area contributed by atoms with E-state index in [4.69, 9.17) is 4.74 Å². The maximum absolute atomic E-state index is 12.2. The predicted octanol–water partition coefficient (Wildman–Crippen LogP) is 1.90. The molecule has 2 fully saturated rings. The van der Waals surface area contributed by atoms with Crippen LogP contribution in [0.2, 0.25) is 0 Å². The second-order valence-electron chi connectivity index (χ2n) is 6.80. The number of rotatable bonds is 4. The largest absolute Gasteiger partial charge is 0.378 e. The zero-order valence-corrected chi connectivity index (χ0v) is 15.9. The molecule has 0 spiro atoms. The number of benzene rings is 1. The van der Waals surface area contributed by atoms with Crippen molar-refractivity contribution in [3.05, 3.63) is 18.2 Å². The van der Waals surface area contributed by atoms with E-state index in [9.17, 15) is 13.2 Å². The summed E-state index contributed by atoms with van der Waals surface area (Å²) in [5, 5.41) is 3.86. The molecular weight excluding hydrogens is 374 g/mol. The number of aromatic nitrogens is 1. The SMILES string of the molecule is O=C(CC1CCS(=O)(=O)C1)Nc1ccc2nc(N3CCOCC3)sc2c1. The van der Waals surface area contributed by atoms with Gasteiger partial charge >= 0.3 is 0 Å². The van der Waals surface area contributed by atoms with Gasteiger partial charge in [-0.05, 0) is 30.5 Å². The maximum Gasteiger partial charge on any atom is 0.224 e. The molecule has 3 heterocycles. The predicted molar refractivity (Wildman–Crippen MR) is 103 cm³/mol. The Bertz CT molecular complexity index is 919. The van der Waals surface area contributed by atoms with E-state index in [1.807, 2.05) is 18.2 Å². The van der Waals surface area contributed by atoms with Gasteiger partial charge in [0.1, 0.15) is 0 Å². The number of sulfone groups is 1. The lowest BCUT2D eigenvalue weighted by Gasteiger charge is -2.25. The summed E-state index contributed by atoms with van der Waals surface area (Å²) in [5.41, 5.74) is 1.64. The van der Waals surface area contributed by atoms with Gasteiger partial charge in [0.2, 0.25) is 5.91 Å².